The molecule has 5 heteroatoms. The fourth-order valence-electron chi connectivity index (χ4n) is 4.22. The first-order valence-corrected chi connectivity index (χ1v) is 10.2. The Labute approximate surface area is 183 Å². The highest BCUT2D eigenvalue weighted by Crippen LogP contribution is 2.42. The Kier molecular flexibility index (Phi) is 4.79. The summed E-state index contributed by atoms with van der Waals surface area (Å²) in [5.41, 5.74) is 1.47. The zero-order valence-corrected chi connectivity index (χ0v) is 16.9. The quantitative estimate of drug-likeness (QED) is 0.265. The molecule has 0 aliphatic carbocycles. The molecule has 1 N–H and O–H groups in total. The largest absolute Gasteiger partial charge is 0.507 e. The molecule has 0 aromatic heterocycles. The van der Waals surface area contributed by atoms with Crippen LogP contribution >= 0.6 is 0 Å². The van der Waals surface area contributed by atoms with Crippen LogP contribution in [0.5, 0.6) is 0 Å². The topological polar surface area (TPSA) is 57.6 Å². The number of carbonyl (C=O) groups excluding carboxylic acids is 2. The van der Waals surface area contributed by atoms with Crippen molar-refractivity contribution in [2.75, 3.05) is 4.90 Å². The molecule has 4 aromatic rings. The molecule has 1 fully saturated rings. The maximum atomic E-state index is 13.6. The lowest BCUT2D eigenvalue weighted by Gasteiger charge is -2.25. The summed E-state index contributed by atoms with van der Waals surface area (Å²) in [5.74, 6) is -2.21. The molecule has 4 aromatic carbocycles. The van der Waals surface area contributed by atoms with Gasteiger partial charge in [-0.15, -0.1) is 0 Å². The number of benzene rings is 4. The molecular formula is C27H18FNO3. The van der Waals surface area contributed by atoms with Gasteiger partial charge in [0, 0.05) is 11.3 Å². The second-order valence-electron chi connectivity index (χ2n) is 7.58. The summed E-state index contributed by atoms with van der Waals surface area (Å²) in [7, 11) is 0. The number of anilines is 1. The van der Waals surface area contributed by atoms with Crippen molar-refractivity contribution in [2.24, 2.45) is 0 Å². The summed E-state index contributed by atoms with van der Waals surface area (Å²) >= 11 is 0. The van der Waals surface area contributed by atoms with Crippen molar-refractivity contribution in [3.05, 3.63) is 120 Å². The molecule has 1 amide bonds. The van der Waals surface area contributed by atoms with E-state index in [4.69, 9.17) is 0 Å². The summed E-state index contributed by atoms with van der Waals surface area (Å²) in [4.78, 5) is 27.7. The van der Waals surface area contributed by atoms with E-state index in [2.05, 4.69) is 0 Å². The van der Waals surface area contributed by atoms with Gasteiger partial charge in [-0.3, -0.25) is 14.5 Å². The third-order valence-corrected chi connectivity index (χ3v) is 5.71. The van der Waals surface area contributed by atoms with E-state index < -0.39 is 23.5 Å². The van der Waals surface area contributed by atoms with Crippen LogP contribution in [-0.4, -0.2) is 16.8 Å². The first-order valence-electron chi connectivity index (χ1n) is 10.2. The van der Waals surface area contributed by atoms with Gasteiger partial charge in [-0.1, -0.05) is 72.8 Å². The number of fused-ring (bicyclic) bond motifs is 1. The Morgan fingerprint density at radius 1 is 0.781 bits per heavy atom. The Bertz CT molecular complexity index is 1370. The van der Waals surface area contributed by atoms with Gasteiger partial charge in [0.2, 0.25) is 0 Å². The van der Waals surface area contributed by atoms with E-state index in [1.165, 1.54) is 29.2 Å². The molecule has 1 atom stereocenters. The number of aliphatic hydroxyl groups excluding tert-OH is 1. The molecular weight excluding hydrogens is 405 g/mol. The Hall–Kier alpha value is -4.25. The first kappa shape index (κ1) is 19.7. The van der Waals surface area contributed by atoms with Crippen molar-refractivity contribution >= 4 is 33.9 Å². The molecule has 1 unspecified atom stereocenters. The smallest absolute Gasteiger partial charge is 0.300 e. The van der Waals surface area contributed by atoms with Crippen LogP contribution < -0.4 is 4.90 Å². The van der Waals surface area contributed by atoms with Crippen LogP contribution in [0.1, 0.15) is 17.2 Å². The van der Waals surface area contributed by atoms with Crippen LogP contribution in [0.25, 0.3) is 16.5 Å². The normalized spacial score (nSPS) is 17.8. The lowest BCUT2D eigenvalue weighted by atomic mass is 9.93. The van der Waals surface area contributed by atoms with Crippen molar-refractivity contribution in [2.45, 2.75) is 6.04 Å². The van der Waals surface area contributed by atoms with Gasteiger partial charge in [0.15, 0.2) is 0 Å². The molecule has 1 aliphatic heterocycles. The van der Waals surface area contributed by atoms with Gasteiger partial charge in [-0.2, -0.15) is 0 Å². The first-order chi connectivity index (χ1) is 15.6. The van der Waals surface area contributed by atoms with Gasteiger partial charge in [0.25, 0.3) is 11.7 Å². The molecule has 0 bridgehead atoms. The van der Waals surface area contributed by atoms with E-state index in [0.29, 0.717) is 16.8 Å². The minimum absolute atomic E-state index is 0.0261. The number of hydrogen-bond donors (Lipinski definition) is 1. The van der Waals surface area contributed by atoms with E-state index in [0.717, 1.165) is 10.8 Å². The predicted octanol–water partition coefficient (Wildman–Crippen LogP) is 5.61. The molecule has 156 valence electrons. The van der Waals surface area contributed by atoms with Gasteiger partial charge in [0.1, 0.15) is 11.6 Å². The standard InChI is InChI=1S/C27H18FNO3/c28-19-15-13-18(14-16-19)24-23(26(31)27(32)29(24)20-9-2-1-3-10-20)25(30)22-12-6-8-17-7-4-5-11-21(17)22/h1-16,24,30H/b25-23-. The summed E-state index contributed by atoms with van der Waals surface area (Å²) in [6.07, 6.45) is 0. The summed E-state index contributed by atoms with van der Waals surface area (Å²) < 4.78 is 13.6. The van der Waals surface area contributed by atoms with Crippen molar-refractivity contribution in [1.82, 2.24) is 0 Å². The number of aliphatic hydroxyl groups is 1. The number of para-hydroxylation sites is 1. The zero-order valence-electron chi connectivity index (χ0n) is 16.9. The van der Waals surface area contributed by atoms with Crippen molar-refractivity contribution in [1.29, 1.82) is 0 Å². The zero-order chi connectivity index (χ0) is 22.2. The van der Waals surface area contributed by atoms with E-state index in [1.54, 1.807) is 36.4 Å². The van der Waals surface area contributed by atoms with Gasteiger partial charge in [-0.25, -0.2) is 4.39 Å². The molecule has 1 aliphatic rings. The second-order valence-corrected chi connectivity index (χ2v) is 7.58. The third-order valence-electron chi connectivity index (χ3n) is 5.71. The number of ketones is 1. The van der Waals surface area contributed by atoms with Crippen LogP contribution in [0.15, 0.2) is 103 Å². The highest BCUT2D eigenvalue weighted by molar-refractivity contribution is 6.51. The molecule has 0 spiro atoms. The van der Waals surface area contributed by atoms with Crippen molar-refractivity contribution in [3.8, 4) is 0 Å². The highest BCUT2D eigenvalue weighted by Gasteiger charge is 2.47. The number of Topliss-reactive ketones (excluding diaryl/α,β-unsaturated/α-hetero) is 1. The van der Waals surface area contributed by atoms with E-state index in [1.807, 2.05) is 36.4 Å². The number of nitrogens with zero attached hydrogens (tertiary/aromatic N) is 1. The summed E-state index contributed by atoms with van der Waals surface area (Å²) in [6, 6.07) is 26.4. The highest BCUT2D eigenvalue weighted by atomic mass is 19.1. The molecule has 4 nitrogen and oxygen atoms in total. The molecule has 0 radical (unpaired) electrons. The average Bonchev–Trinajstić information content (AvgIpc) is 3.09. The van der Waals surface area contributed by atoms with Gasteiger partial charge >= 0.3 is 0 Å². The van der Waals surface area contributed by atoms with E-state index >= 15 is 0 Å². The van der Waals surface area contributed by atoms with E-state index in [9.17, 15) is 19.1 Å². The van der Waals surface area contributed by atoms with Crippen LogP contribution in [0, 0.1) is 5.82 Å². The van der Waals surface area contributed by atoms with E-state index in [-0.39, 0.29) is 11.3 Å². The monoisotopic (exact) mass is 423 g/mol. The lowest BCUT2D eigenvalue weighted by Crippen LogP contribution is -2.29. The summed E-state index contributed by atoms with van der Waals surface area (Å²) in [6.45, 7) is 0. The SMILES string of the molecule is O=C1C(=O)N(c2ccccc2)C(c2ccc(F)cc2)/C1=C(/O)c1cccc2ccccc12. The number of carbonyl (C=O) groups is 2. The maximum Gasteiger partial charge on any atom is 0.300 e. The van der Waals surface area contributed by atoms with Gasteiger partial charge in [-0.05, 0) is 40.6 Å². The fourth-order valence-corrected chi connectivity index (χ4v) is 4.22. The Morgan fingerprint density at radius 2 is 1.44 bits per heavy atom. The minimum atomic E-state index is -0.892. The third kappa shape index (κ3) is 3.15. The number of hydrogen-bond acceptors (Lipinski definition) is 3. The number of halogens is 1. The average molecular weight is 423 g/mol. The molecule has 1 heterocycles. The van der Waals surface area contributed by atoms with Crippen LogP contribution in [0.2, 0.25) is 0 Å². The van der Waals surface area contributed by atoms with Crippen molar-refractivity contribution in [3.63, 3.8) is 0 Å². The van der Waals surface area contributed by atoms with Crippen molar-refractivity contribution < 1.29 is 19.1 Å². The lowest BCUT2D eigenvalue weighted by molar-refractivity contribution is -0.132. The van der Waals surface area contributed by atoms with Crippen LogP contribution in [0.4, 0.5) is 10.1 Å². The molecule has 32 heavy (non-hydrogen) atoms. The predicted molar refractivity (Wildman–Crippen MR) is 122 cm³/mol. The van der Waals surface area contributed by atoms with Gasteiger partial charge in [0.05, 0.1) is 11.6 Å². The number of amides is 1. The Morgan fingerprint density at radius 3 is 2.19 bits per heavy atom. The molecule has 5 rings (SSSR count). The summed E-state index contributed by atoms with van der Waals surface area (Å²) in [5, 5.41) is 13.0. The second kappa shape index (κ2) is 7.78. The minimum Gasteiger partial charge on any atom is -0.507 e. The molecule has 1 saturated heterocycles. The Balaban J connectivity index is 1.78. The van der Waals surface area contributed by atoms with Crippen LogP contribution in [-0.2, 0) is 9.59 Å². The maximum absolute atomic E-state index is 13.6. The van der Waals surface area contributed by atoms with Crippen LogP contribution in [0.3, 0.4) is 0 Å². The molecule has 0 saturated carbocycles. The fraction of sp³-hybridized carbons (Fsp3) is 0.0370. The van der Waals surface area contributed by atoms with Gasteiger partial charge < -0.3 is 5.11 Å². The number of rotatable bonds is 3.